The summed E-state index contributed by atoms with van der Waals surface area (Å²) in [5.41, 5.74) is 1.26. The van der Waals surface area contributed by atoms with Gasteiger partial charge in [-0.05, 0) is 43.3 Å². The first-order valence-corrected chi connectivity index (χ1v) is 7.97. The number of aryl methyl sites for hydroxylation is 1. The van der Waals surface area contributed by atoms with Crippen molar-refractivity contribution in [1.82, 2.24) is 4.57 Å². The second-order valence-electron chi connectivity index (χ2n) is 4.90. The maximum absolute atomic E-state index is 12.9. The first-order valence-electron chi connectivity index (χ1n) is 7.16. The lowest BCUT2D eigenvalue weighted by Gasteiger charge is -2.05. The third-order valence-electron chi connectivity index (χ3n) is 3.37. The molecule has 0 saturated carbocycles. The number of carbonyl (C=O) groups is 1. The van der Waals surface area contributed by atoms with Crippen LogP contribution in [0.4, 0.5) is 4.39 Å². The van der Waals surface area contributed by atoms with E-state index in [1.54, 1.807) is 0 Å². The van der Waals surface area contributed by atoms with Crippen LogP contribution in [-0.4, -0.2) is 17.1 Å². The van der Waals surface area contributed by atoms with Crippen molar-refractivity contribution in [1.29, 1.82) is 0 Å². The Kier molecular flexibility index (Phi) is 4.25. The molecule has 0 N–H and O–H groups in total. The summed E-state index contributed by atoms with van der Waals surface area (Å²) in [6, 6.07) is 11.1. The quantitative estimate of drug-likeness (QED) is 0.737. The van der Waals surface area contributed by atoms with Gasteiger partial charge in [0.25, 0.3) is 5.91 Å². The largest absolute Gasteiger partial charge is 0.492 e. The molecule has 0 radical (unpaired) electrons. The Morgan fingerprint density at radius 2 is 2.00 bits per heavy atom. The van der Waals surface area contributed by atoms with Crippen molar-refractivity contribution in [2.24, 2.45) is 12.0 Å². The number of hydrogen-bond acceptors (Lipinski definition) is 3. The molecular weight excluding hydrogens is 315 g/mol. The number of aromatic nitrogens is 1. The Morgan fingerprint density at radius 3 is 2.70 bits per heavy atom. The molecule has 4 nitrogen and oxygen atoms in total. The van der Waals surface area contributed by atoms with Crippen molar-refractivity contribution < 1.29 is 13.9 Å². The number of halogens is 1. The van der Waals surface area contributed by atoms with Gasteiger partial charge in [0.05, 0.1) is 11.3 Å². The molecule has 1 aromatic heterocycles. The summed E-state index contributed by atoms with van der Waals surface area (Å²) in [4.78, 5) is 17.0. The monoisotopic (exact) mass is 330 g/mol. The van der Waals surface area contributed by atoms with Gasteiger partial charge in [-0.1, -0.05) is 17.4 Å². The molecule has 3 aromatic rings. The van der Waals surface area contributed by atoms with Crippen LogP contribution in [0.3, 0.4) is 0 Å². The minimum absolute atomic E-state index is 0.355. The van der Waals surface area contributed by atoms with E-state index in [2.05, 4.69) is 4.99 Å². The molecular formula is C17H15FN2O2S. The van der Waals surface area contributed by atoms with Gasteiger partial charge in [-0.3, -0.25) is 4.79 Å². The van der Waals surface area contributed by atoms with Crippen molar-refractivity contribution in [2.45, 2.75) is 6.92 Å². The highest BCUT2D eigenvalue weighted by Gasteiger charge is 2.10. The first-order chi connectivity index (χ1) is 11.1. The van der Waals surface area contributed by atoms with E-state index in [-0.39, 0.29) is 5.82 Å². The number of carbonyl (C=O) groups excluding carboxylic acids is 1. The van der Waals surface area contributed by atoms with E-state index in [1.165, 1.54) is 35.6 Å². The zero-order valence-corrected chi connectivity index (χ0v) is 13.6. The lowest BCUT2D eigenvalue weighted by Crippen LogP contribution is -2.13. The molecule has 0 saturated heterocycles. The highest BCUT2D eigenvalue weighted by molar-refractivity contribution is 7.16. The number of rotatable bonds is 3. The summed E-state index contributed by atoms with van der Waals surface area (Å²) in [6.45, 7) is 2.49. The minimum Gasteiger partial charge on any atom is -0.492 e. The molecule has 0 unspecified atom stereocenters. The van der Waals surface area contributed by atoms with E-state index in [4.69, 9.17) is 4.74 Å². The van der Waals surface area contributed by atoms with E-state index in [0.29, 0.717) is 17.0 Å². The van der Waals surface area contributed by atoms with Crippen LogP contribution in [0.15, 0.2) is 47.5 Å². The Hall–Kier alpha value is -2.47. The topological polar surface area (TPSA) is 43.6 Å². The smallest absolute Gasteiger partial charge is 0.279 e. The molecule has 0 fully saturated rings. The minimum atomic E-state index is -0.398. The Bertz CT molecular complexity index is 926. The van der Waals surface area contributed by atoms with Gasteiger partial charge in [0, 0.05) is 12.6 Å². The molecule has 23 heavy (non-hydrogen) atoms. The maximum atomic E-state index is 12.9. The summed E-state index contributed by atoms with van der Waals surface area (Å²) >= 11 is 1.41. The Labute approximate surface area is 136 Å². The van der Waals surface area contributed by atoms with E-state index >= 15 is 0 Å². The fourth-order valence-corrected chi connectivity index (χ4v) is 3.33. The number of amides is 1. The van der Waals surface area contributed by atoms with Gasteiger partial charge in [-0.15, -0.1) is 0 Å². The molecule has 0 bridgehead atoms. The van der Waals surface area contributed by atoms with E-state index < -0.39 is 5.91 Å². The fourth-order valence-electron chi connectivity index (χ4n) is 2.29. The average molecular weight is 330 g/mol. The maximum Gasteiger partial charge on any atom is 0.279 e. The van der Waals surface area contributed by atoms with Crippen LogP contribution in [0.1, 0.15) is 17.3 Å². The molecule has 0 aliphatic carbocycles. The van der Waals surface area contributed by atoms with Crippen LogP contribution < -0.4 is 9.54 Å². The summed E-state index contributed by atoms with van der Waals surface area (Å²) in [6.07, 6.45) is 0. The van der Waals surface area contributed by atoms with Gasteiger partial charge in [0.1, 0.15) is 17.1 Å². The first kappa shape index (κ1) is 15.4. The summed E-state index contributed by atoms with van der Waals surface area (Å²) < 4.78 is 21.4. The van der Waals surface area contributed by atoms with Crippen molar-refractivity contribution in [3.63, 3.8) is 0 Å². The standard InChI is InChI=1S/C17H15FN2O2S/c1-3-22-13-5-4-6-14-15(13)20(2)17(23-14)19-16(21)11-7-9-12(18)10-8-11/h4-10H,3H2,1-2H3. The second-order valence-corrected chi connectivity index (χ2v) is 5.91. The van der Waals surface area contributed by atoms with Crippen molar-refractivity contribution in [3.8, 4) is 5.75 Å². The number of thiazole rings is 1. The van der Waals surface area contributed by atoms with Crippen LogP contribution in [0.2, 0.25) is 0 Å². The third-order valence-corrected chi connectivity index (χ3v) is 4.47. The molecule has 118 valence electrons. The summed E-state index contributed by atoms with van der Waals surface area (Å²) in [7, 11) is 1.85. The van der Waals surface area contributed by atoms with Crippen LogP contribution in [0.25, 0.3) is 10.2 Å². The van der Waals surface area contributed by atoms with Gasteiger partial charge in [-0.2, -0.15) is 4.99 Å². The van der Waals surface area contributed by atoms with Gasteiger partial charge in [-0.25, -0.2) is 4.39 Å². The number of ether oxygens (including phenoxy) is 1. The van der Waals surface area contributed by atoms with Crippen LogP contribution in [0, 0.1) is 5.82 Å². The summed E-state index contributed by atoms with van der Waals surface area (Å²) in [5.74, 6) is -0.0140. The van der Waals surface area contributed by atoms with Crippen molar-refractivity contribution >= 4 is 27.5 Å². The highest BCUT2D eigenvalue weighted by atomic mass is 32.1. The van der Waals surface area contributed by atoms with Crippen molar-refractivity contribution in [2.75, 3.05) is 6.61 Å². The van der Waals surface area contributed by atoms with E-state index in [1.807, 2.05) is 36.7 Å². The number of benzene rings is 2. The SMILES string of the molecule is CCOc1cccc2sc(=NC(=O)c3ccc(F)cc3)n(C)c12. The van der Waals surface area contributed by atoms with E-state index in [9.17, 15) is 9.18 Å². The second kappa shape index (κ2) is 6.34. The number of hydrogen-bond donors (Lipinski definition) is 0. The number of para-hydroxylation sites is 1. The van der Waals surface area contributed by atoms with Crippen LogP contribution >= 0.6 is 11.3 Å². The lowest BCUT2D eigenvalue weighted by atomic mass is 10.2. The number of fused-ring (bicyclic) bond motifs is 1. The lowest BCUT2D eigenvalue weighted by molar-refractivity contribution is 0.0998. The predicted octanol–water partition coefficient (Wildman–Crippen LogP) is 3.52. The molecule has 3 rings (SSSR count). The van der Waals surface area contributed by atoms with Crippen LogP contribution in [-0.2, 0) is 7.05 Å². The molecule has 1 heterocycles. The fraction of sp³-hybridized carbons (Fsp3) is 0.176. The molecule has 1 amide bonds. The molecule has 0 aliphatic heterocycles. The van der Waals surface area contributed by atoms with Crippen LogP contribution in [0.5, 0.6) is 5.75 Å². The Balaban J connectivity index is 2.09. The molecule has 6 heteroatoms. The average Bonchev–Trinajstić information content (AvgIpc) is 2.85. The van der Waals surface area contributed by atoms with Gasteiger partial charge in [0.15, 0.2) is 4.80 Å². The molecule has 0 spiro atoms. The molecule has 0 atom stereocenters. The molecule has 2 aromatic carbocycles. The molecule has 0 aliphatic rings. The van der Waals surface area contributed by atoms with E-state index in [0.717, 1.165) is 16.0 Å². The highest BCUT2D eigenvalue weighted by Crippen LogP contribution is 2.26. The normalized spacial score (nSPS) is 11.9. The number of nitrogens with zero attached hydrogens (tertiary/aromatic N) is 2. The van der Waals surface area contributed by atoms with Gasteiger partial charge in [0.2, 0.25) is 0 Å². The summed E-state index contributed by atoms with van der Waals surface area (Å²) in [5, 5.41) is 0. The predicted molar refractivity (Wildman–Crippen MR) is 88.3 cm³/mol. The zero-order valence-electron chi connectivity index (χ0n) is 12.7. The van der Waals surface area contributed by atoms with Gasteiger partial charge < -0.3 is 9.30 Å². The zero-order chi connectivity index (χ0) is 16.4. The van der Waals surface area contributed by atoms with Crippen molar-refractivity contribution in [3.05, 3.63) is 58.6 Å². The third kappa shape index (κ3) is 3.03. The van der Waals surface area contributed by atoms with Gasteiger partial charge >= 0.3 is 0 Å². The Morgan fingerprint density at radius 1 is 1.26 bits per heavy atom.